The molecule has 0 amide bonds. The average molecular weight is 194 g/mol. The molecule has 2 heterocycles. The highest BCUT2D eigenvalue weighted by Crippen LogP contribution is 2.25. The third-order valence-corrected chi connectivity index (χ3v) is 2.75. The number of aryl methyl sites for hydroxylation is 1. The molecule has 2 rings (SSSR count). The molecule has 0 aliphatic carbocycles. The van der Waals surface area contributed by atoms with E-state index >= 15 is 0 Å². The summed E-state index contributed by atoms with van der Waals surface area (Å²) in [7, 11) is 0. The summed E-state index contributed by atoms with van der Waals surface area (Å²) in [6, 6.07) is 0.399. The van der Waals surface area contributed by atoms with Crippen molar-refractivity contribution < 1.29 is 9.90 Å². The minimum Gasteiger partial charge on any atom is -0.481 e. The Morgan fingerprint density at radius 2 is 2.57 bits per heavy atom. The second-order valence-corrected chi connectivity index (χ2v) is 3.85. The zero-order chi connectivity index (χ0) is 10.1. The van der Waals surface area contributed by atoms with Gasteiger partial charge in [-0.2, -0.15) is 0 Å². The summed E-state index contributed by atoms with van der Waals surface area (Å²) in [6.45, 7) is 2.12. The van der Waals surface area contributed by atoms with Crippen molar-refractivity contribution in [2.24, 2.45) is 0 Å². The number of aliphatic carboxylic acids is 1. The summed E-state index contributed by atoms with van der Waals surface area (Å²) in [4.78, 5) is 14.9. The summed E-state index contributed by atoms with van der Waals surface area (Å²) < 4.78 is 2.08. The van der Waals surface area contributed by atoms with E-state index in [9.17, 15) is 4.79 Å². The van der Waals surface area contributed by atoms with Crippen molar-refractivity contribution in [2.45, 2.75) is 38.6 Å². The van der Waals surface area contributed by atoms with E-state index in [-0.39, 0.29) is 6.42 Å². The molecule has 0 radical (unpaired) electrons. The largest absolute Gasteiger partial charge is 0.481 e. The van der Waals surface area contributed by atoms with Gasteiger partial charge in [0.15, 0.2) is 0 Å². The van der Waals surface area contributed by atoms with Crippen molar-refractivity contribution in [3.8, 4) is 0 Å². The fourth-order valence-electron chi connectivity index (χ4n) is 2.13. The molecule has 1 aliphatic rings. The van der Waals surface area contributed by atoms with Crippen LogP contribution in [0.2, 0.25) is 0 Å². The lowest BCUT2D eigenvalue weighted by atomic mass is 10.1. The van der Waals surface area contributed by atoms with Gasteiger partial charge in [0.1, 0.15) is 5.82 Å². The molecule has 1 aliphatic heterocycles. The Bertz CT molecular complexity index is 357. The minimum atomic E-state index is -0.787. The van der Waals surface area contributed by atoms with Gasteiger partial charge < -0.3 is 9.67 Å². The van der Waals surface area contributed by atoms with E-state index in [1.807, 2.05) is 0 Å². The van der Waals surface area contributed by atoms with E-state index < -0.39 is 5.97 Å². The predicted molar refractivity (Wildman–Crippen MR) is 51.2 cm³/mol. The van der Waals surface area contributed by atoms with Gasteiger partial charge in [-0.3, -0.25) is 4.79 Å². The Morgan fingerprint density at radius 1 is 1.79 bits per heavy atom. The number of carbonyl (C=O) groups is 1. The maximum absolute atomic E-state index is 10.6. The van der Waals surface area contributed by atoms with Crippen LogP contribution in [-0.4, -0.2) is 20.6 Å². The average Bonchev–Trinajstić information content (AvgIpc) is 2.49. The zero-order valence-corrected chi connectivity index (χ0v) is 8.23. The lowest BCUT2D eigenvalue weighted by molar-refractivity contribution is -0.136. The Hall–Kier alpha value is -1.32. The van der Waals surface area contributed by atoms with E-state index in [1.54, 1.807) is 6.20 Å². The van der Waals surface area contributed by atoms with Gasteiger partial charge >= 0.3 is 5.97 Å². The highest BCUT2D eigenvalue weighted by atomic mass is 16.4. The van der Waals surface area contributed by atoms with E-state index in [1.165, 1.54) is 0 Å². The lowest BCUT2D eigenvalue weighted by Gasteiger charge is -2.23. The van der Waals surface area contributed by atoms with Crippen molar-refractivity contribution in [2.75, 3.05) is 0 Å². The number of imidazole rings is 1. The molecule has 4 heteroatoms. The summed E-state index contributed by atoms with van der Waals surface area (Å²) in [6.07, 6.45) is 5.03. The van der Waals surface area contributed by atoms with Crippen LogP contribution in [0, 0.1) is 0 Å². The van der Waals surface area contributed by atoms with Crippen molar-refractivity contribution in [1.82, 2.24) is 9.55 Å². The fourth-order valence-corrected chi connectivity index (χ4v) is 2.13. The molecule has 0 saturated carbocycles. The third kappa shape index (κ3) is 1.52. The summed E-state index contributed by atoms with van der Waals surface area (Å²) in [5, 5.41) is 8.73. The molecule has 0 saturated heterocycles. The summed E-state index contributed by atoms with van der Waals surface area (Å²) in [5.74, 6) is 0.255. The normalized spacial score (nSPS) is 20.5. The van der Waals surface area contributed by atoms with Gasteiger partial charge in [-0.1, -0.05) is 0 Å². The van der Waals surface area contributed by atoms with Gasteiger partial charge in [0, 0.05) is 24.4 Å². The van der Waals surface area contributed by atoms with Crippen molar-refractivity contribution >= 4 is 5.97 Å². The molecule has 1 aromatic rings. The molecular formula is C10H14N2O2. The number of hydrogen-bond donors (Lipinski definition) is 1. The molecule has 0 bridgehead atoms. The molecule has 14 heavy (non-hydrogen) atoms. The van der Waals surface area contributed by atoms with E-state index in [0.717, 1.165) is 30.8 Å². The standard InChI is InChI=1S/C10H14N2O2/c1-7-3-2-4-9-11-6-8(12(7)9)5-10(13)14/h6-7H,2-5H2,1H3,(H,13,14). The smallest absolute Gasteiger partial charge is 0.309 e. The lowest BCUT2D eigenvalue weighted by Crippen LogP contribution is -2.18. The number of rotatable bonds is 2. The molecule has 0 spiro atoms. The number of hydrogen-bond acceptors (Lipinski definition) is 2. The summed E-state index contributed by atoms with van der Waals surface area (Å²) in [5.41, 5.74) is 0.833. The van der Waals surface area contributed by atoms with Gasteiger partial charge in [-0.05, 0) is 19.8 Å². The van der Waals surface area contributed by atoms with Crippen LogP contribution >= 0.6 is 0 Å². The Kier molecular flexibility index (Phi) is 2.27. The van der Waals surface area contributed by atoms with Gasteiger partial charge in [0.05, 0.1) is 6.42 Å². The molecule has 1 aromatic heterocycles. The maximum atomic E-state index is 10.6. The minimum absolute atomic E-state index is 0.0807. The van der Waals surface area contributed by atoms with Gasteiger partial charge in [0.2, 0.25) is 0 Å². The second-order valence-electron chi connectivity index (χ2n) is 3.85. The van der Waals surface area contributed by atoms with Gasteiger partial charge in [0.25, 0.3) is 0 Å². The van der Waals surface area contributed by atoms with E-state index in [4.69, 9.17) is 5.11 Å². The van der Waals surface area contributed by atoms with E-state index in [2.05, 4.69) is 16.5 Å². The van der Waals surface area contributed by atoms with Crippen LogP contribution in [0.25, 0.3) is 0 Å². The molecule has 4 nitrogen and oxygen atoms in total. The Morgan fingerprint density at radius 3 is 3.29 bits per heavy atom. The number of carboxylic acids is 1. The first-order valence-electron chi connectivity index (χ1n) is 4.95. The maximum Gasteiger partial charge on any atom is 0.309 e. The van der Waals surface area contributed by atoms with E-state index in [0.29, 0.717) is 6.04 Å². The highest BCUT2D eigenvalue weighted by Gasteiger charge is 2.20. The predicted octanol–water partition coefficient (Wildman–Crippen LogP) is 1.41. The molecule has 1 unspecified atom stereocenters. The van der Waals surface area contributed by atoms with Gasteiger partial charge in [-0.15, -0.1) is 0 Å². The molecule has 0 aromatic carbocycles. The van der Waals surface area contributed by atoms with Crippen molar-refractivity contribution in [3.63, 3.8) is 0 Å². The number of aromatic nitrogens is 2. The van der Waals surface area contributed by atoms with Crippen molar-refractivity contribution in [3.05, 3.63) is 17.7 Å². The van der Waals surface area contributed by atoms with Crippen LogP contribution in [0.3, 0.4) is 0 Å². The molecular weight excluding hydrogens is 180 g/mol. The van der Waals surface area contributed by atoms with Crippen LogP contribution in [-0.2, 0) is 17.6 Å². The first-order valence-corrected chi connectivity index (χ1v) is 4.95. The first-order chi connectivity index (χ1) is 6.68. The van der Waals surface area contributed by atoms with Crippen LogP contribution in [0.1, 0.15) is 37.3 Å². The SMILES string of the molecule is CC1CCCc2ncc(CC(=O)O)n21. The van der Waals surface area contributed by atoms with Crippen LogP contribution in [0.4, 0.5) is 0 Å². The van der Waals surface area contributed by atoms with Crippen molar-refractivity contribution in [1.29, 1.82) is 0 Å². The van der Waals surface area contributed by atoms with Crippen LogP contribution in [0.5, 0.6) is 0 Å². The molecule has 76 valence electrons. The highest BCUT2D eigenvalue weighted by molar-refractivity contribution is 5.69. The monoisotopic (exact) mass is 194 g/mol. The van der Waals surface area contributed by atoms with Gasteiger partial charge in [-0.25, -0.2) is 4.98 Å². The number of nitrogens with zero attached hydrogens (tertiary/aromatic N) is 2. The topological polar surface area (TPSA) is 55.1 Å². The quantitative estimate of drug-likeness (QED) is 0.774. The first kappa shape index (κ1) is 9.24. The second kappa shape index (κ2) is 3.44. The van der Waals surface area contributed by atoms with Crippen LogP contribution in [0.15, 0.2) is 6.20 Å². The Labute approximate surface area is 82.6 Å². The summed E-state index contributed by atoms with van der Waals surface area (Å²) >= 11 is 0. The molecule has 1 atom stereocenters. The Balaban J connectivity index is 2.33. The number of carboxylic acid groups (broad SMARTS) is 1. The molecule has 0 fully saturated rings. The number of fused-ring (bicyclic) bond motifs is 1. The van der Waals surface area contributed by atoms with Crippen LogP contribution < -0.4 is 0 Å². The third-order valence-electron chi connectivity index (χ3n) is 2.75. The fraction of sp³-hybridized carbons (Fsp3) is 0.600. The zero-order valence-electron chi connectivity index (χ0n) is 8.23. The molecule has 1 N–H and O–H groups in total.